The van der Waals surface area contributed by atoms with Crippen molar-refractivity contribution in [3.05, 3.63) is 82.9 Å². The first-order valence-electron chi connectivity index (χ1n) is 13.7. The van der Waals surface area contributed by atoms with Gasteiger partial charge in [0.15, 0.2) is 11.6 Å². The Kier molecular flexibility index (Phi) is 9.67. The Morgan fingerprint density at radius 2 is 1.38 bits per heavy atom. The number of hydrogen-bond acceptors (Lipinski definition) is 2. The largest absolute Gasteiger partial charge is 0.573 e. The van der Waals surface area contributed by atoms with Gasteiger partial charge in [0, 0.05) is 11.6 Å². The van der Waals surface area contributed by atoms with Crippen molar-refractivity contribution in [3.8, 4) is 22.6 Å². The van der Waals surface area contributed by atoms with E-state index in [4.69, 9.17) is 0 Å². The molecule has 1 saturated carbocycles. The predicted molar refractivity (Wildman–Crippen MR) is 138 cm³/mol. The molecule has 0 N–H and O–H groups in total. The minimum atomic E-state index is -5.24. The molecule has 3 aromatic carbocycles. The van der Waals surface area contributed by atoms with E-state index in [0.717, 1.165) is 37.7 Å². The summed E-state index contributed by atoms with van der Waals surface area (Å²) in [4.78, 5) is 0. The van der Waals surface area contributed by atoms with Crippen molar-refractivity contribution in [3.63, 3.8) is 0 Å². The van der Waals surface area contributed by atoms with E-state index in [1.165, 1.54) is 31.4 Å². The molecule has 0 spiro atoms. The van der Waals surface area contributed by atoms with Gasteiger partial charge in [0.25, 0.3) is 0 Å². The van der Waals surface area contributed by atoms with Crippen LogP contribution in [-0.2, 0) is 6.11 Å². The lowest BCUT2D eigenvalue weighted by molar-refractivity contribution is -0.275. The first kappa shape index (κ1) is 31.6. The fourth-order valence-electron chi connectivity index (χ4n) is 5.45. The van der Waals surface area contributed by atoms with Gasteiger partial charge >= 0.3 is 12.5 Å². The first-order chi connectivity index (χ1) is 19.8. The summed E-state index contributed by atoms with van der Waals surface area (Å²) in [5.74, 6) is -7.52. The summed E-state index contributed by atoms with van der Waals surface area (Å²) >= 11 is 0. The van der Waals surface area contributed by atoms with Crippen molar-refractivity contribution in [2.24, 2.45) is 5.92 Å². The van der Waals surface area contributed by atoms with Crippen LogP contribution < -0.4 is 9.47 Å². The second kappa shape index (κ2) is 12.9. The van der Waals surface area contributed by atoms with Gasteiger partial charge in [-0.05, 0) is 79.0 Å². The normalized spacial score (nSPS) is 17.8. The number of ether oxygens (including phenoxy) is 2. The van der Waals surface area contributed by atoms with Crippen molar-refractivity contribution in [2.75, 3.05) is 0 Å². The maximum absolute atomic E-state index is 15.1. The Morgan fingerprint density at radius 1 is 0.714 bits per heavy atom. The fourth-order valence-corrected chi connectivity index (χ4v) is 5.45. The lowest BCUT2D eigenvalue weighted by atomic mass is 9.77. The monoisotopic (exact) mass is 604 g/mol. The molecule has 0 aromatic heterocycles. The van der Waals surface area contributed by atoms with E-state index in [0.29, 0.717) is 30.2 Å². The number of alkyl halides is 5. The predicted octanol–water partition coefficient (Wildman–Crippen LogP) is 10.8. The van der Waals surface area contributed by atoms with Crippen LogP contribution >= 0.6 is 0 Å². The van der Waals surface area contributed by atoms with Crippen LogP contribution in [0.3, 0.4) is 0 Å². The van der Waals surface area contributed by atoms with E-state index in [-0.39, 0.29) is 23.1 Å². The van der Waals surface area contributed by atoms with Gasteiger partial charge < -0.3 is 9.47 Å². The van der Waals surface area contributed by atoms with Crippen LogP contribution in [0, 0.1) is 29.2 Å². The van der Waals surface area contributed by atoms with E-state index in [1.807, 2.05) is 0 Å². The Labute approximate surface area is 237 Å². The molecule has 0 atom stereocenters. The standard InChI is InChI=1S/C31H29F9O2/c1-2-3-4-5-18-6-8-19(9-7-18)20-10-12-23(24(32)14-20)21-15-26(34)29(27(35)16-21)30(36,37)41-22-11-13-28(25(33)17-22)42-31(38,39)40/h10-19H,2-9H2,1H3. The third-order valence-corrected chi connectivity index (χ3v) is 7.55. The zero-order valence-corrected chi connectivity index (χ0v) is 22.6. The summed E-state index contributed by atoms with van der Waals surface area (Å²) < 4.78 is 133. The fraction of sp³-hybridized carbons (Fsp3) is 0.419. The summed E-state index contributed by atoms with van der Waals surface area (Å²) in [6.07, 6.45) is -1.29. The topological polar surface area (TPSA) is 18.5 Å². The summed E-state index contributed by atoms with van der Waals surface area (Å²) in [5.41, 5.74) is -1.59. The van der Waals surface area contributed by atoms with Gasteiger partial charge in [-0.25, -0.2) is 17.6 Å². The number of hydrogen-bond donors (Lipinski definition) is 0. The molecular weight excluding hydrogens is 575 g/mol. The Bertz CT molecular complexity index is 1360. The number of benzene rings is 3. The maximum Gasteiger partial charge on any atom is 0.573 e. The zero-order valence-electron chi connectivity index (χ0n) is 22.6. The first-order valence-corrected chi connectivity index (χ1v) is 13.7. The molecule has 0 amide bonds. The SMILES string of the molecule is CCCCCC1CCC(c2ccc(-c3cc(F)c(C(F)(F)Oc4ccc(OC(F)(F)F)c(F)c4)c(F)c3)c(F)c2)CC1. The van der Waals surface area contributed by atoms with Gasteiger partial charge in [-0.3, -0.25) is 0 Å². The minimum absolute atomic E-state index is 0.148. The maximum atomic E-state index is 15.1. The summed E-state index contributed by atoms with van der Waals surface area (Å²) in [7, 11) is 0. The van der Waals surface area contributed by atoms with Gasteiger partial charge in [0.05, 0.1) is 0 Å². The Balaban J connectivity index is 1.49. The highest BCUT2D eigenvalue weighted by atomic mass is 19.4. The minimum Gasteiger partial charge on any atom is -0.429 e. The molecule has 0 radical (unpaired) electrons. The van der Waals surface area contributed by atoms with Crippen LogP contribution in [-0.4, -0.2) is 6.36 Å². The molecule has 3 aromatic rings. The summed E-state index contributed by atoms with van der Waals surface area (Å²) in [5, 5.41) is 0. The second-order valence-electron chi connectivity index (χ2n) is 10.5. The third-order valence-electron chi connectivity index (χ3n) is 7.55. The molecule has 4 rings (SSSR count). The number of rotatable bonds is 10. The van der Waals surface area contributed by atoms with E-state index >= 15 is 4.39 Å². The molecular formula is C31H29F9O2. The Morgan fingerprint density at radius 3 is 1.95 bits per heavy atom. The van der Waals surface area contributed by atoms with Gasteiger partial charge in [-0.2, -0.15) is 8.78 Å². The van der Waals surface area contributed by atoms with Crippen molar-refractivity contribution in [1.82, 2.24) is 0 Å². The zero-order chi connectivity index (χ0) is 30.7. The number of halogens is 9. The van der Waals surface area contributed by atoms with Crippen molar-refractivity contribution in [2.45, 2.75) is 76.7 Å². The molecule has 0 saturated heterocycles. The van der Waals surface area contributed by atoms with E-state index in [2.05, 4.69) is 16.4 Å². The van der Waals surface area contributed by atoms with E-state index in [1.54, 1.807) is 6.07 Å². The Hall–Kier alpha value is -3.37. The van der Waals surface area contributed by atoms with Crippen LogP contribution in [0.1, 0.15) is 75.3 Å². The van der Waals surface area contributed by atoms with E-state index in [9.17, 15) is 35.1 Å². The van der Waals surface area contributed by atoms with Crippen molar-refractivity contribution >= 4 is 0 Å². The van der Waals surface area contributed by atoms with Gasteiger partial charge in [0.2, 0.25) is 0 Å². The highest BCUT2D eigenvalue weighted by molar-refractivity contribution is 5.65. The molecule has 42 heavy (non-hydrogen) atoms. The van der Waals surface area contributed by atoms with Gasteiger partial charge in [-0.15, -0.1) is 13.2 Å². The summed E-state index contributed by atoms with van der Waals surface area (Å²) in [6.45, 7) is 2.16. The van der Waals surface area contributed by atoms with Crippen LogP contribution in [0.5, 0.6) is 11.5 Å². The molecule has 11 heteroatoms. The molecule has 2 nitrogen and oxygen atoms in total. The highest BCUT2D eigenvalue weighted by Gasteiger charge is 2.42. The molecule has 1 aliphatic rings. The molecule has 0 aliphatic heterocycles. The molecule has 0 unspecified atom stereocenters. The third kappa shape index (κ3) is 7.72. The van der Waals surface area contributed by atoms with Crippen LogP contribution in [0.25, 0.3) is 11.1 Å². The van der Waals surface area contributed by atoms with Crippen molar-refractivity contribution < 1.29 is 49.0 Å². The average molecular weight is 605 g/mol. The van der Waals surface area contributed by atoms with Crippen LogP contribution in [0.4, 0.5) is 39.5 Å². The molecule has 1 fully saturated rings. The second-order valence-corrected chi connectivity index (χ2v) is 10.5. The molecule has 0 bridgehead atoms. The van der Waals surface area contributed by atoms with Crippen LogP contribution in [0.15, 0.2) is 48.5 Å². The molecule has 0 heterocycles. The lowest BCUT2D eigenvalue weighted by Crippen LogP contribution is -2.25. The summed E-state index contributed by atoms with van der Waals surface area (Å²) in [6, 6.07) is 6.41. The van der Waals surface area contributed by atoms with Gasteiger partial charge in [0.1, 0.15) is 28.8 Å². The van der Waals surface area contributed by atoms with E-state index < -0.39 is 52.8 Å². The van der Waals surface area contributed by atoms with Crippen LogP contribution in [0.2, 0.25) is 0 Å². The smallest absolute Gasteiger partial charge is 0.429 e. The number of unbranched alkanes of at least 4 members (excludes halogenated alkanes) is 2. The highest BCUT2D eigenvalue weighted by Crippen LogP contribution is 2.41. The lowest BCUT2D eigenvalue weighted by Gasteiger charge is -2.29. The van der Waals surface area contributed by atoms with Gasteiger partial charge in [-0.1, -0.05) is 44.7 Å². The van der Waals surface area contributed by atoms with Crippen molar-refractivity contribution in [1.29, 1.82) is 0 Å². The molecule has 1 aliphatic carbocycles. The molecule has 228 valence electrons. The average Bonchev–Trinajstić information content (AvgIpc) is 2.89. The quantitative estimate of drug-likeness (QED) is 0.169.